The molecular weight excluding hydrogens is 370 g/mol. The molecule has 9 heteroatoms. The van der Waals surface area contributed by atoms with Crippen molar-refractivity contribution in [2.75, 3.05) is 32.8 Å². The maximum Gasteiger partial charge on any atom is 0.253 e. The van der Waals surface area contributed by atoms with Crippen LogP contribution in [0.2, 0.25) is 0 Å². The number of aromatic nitrogens is 1. The van der Waals surface area contributed by atoms with Gasteiger partial charge < -0.3 is 14.2 Å². The summed E-state index contributed by atoms with van der Waals surface area (Å²) in [5.74, 6) is 0.872. The van der Waals surface area contributed by atoms with Crippen molar-refractivity contribution in [1.29, 1.82) is 0 Å². The molecule has 0 bridgehead atoms. The third-order valence-electron chi connectivity index (χ3n) is 4.50. The Hall–Kier alpha value is -2.39. The summed E-state index contributed by atoms with van der Waals surface area (Å²) in [4.78, 5) is 14.4. The molecule has 0 unspecified atom stereocenters. The van der Waals surface area contributed by atoms with E-state index in [9.17, 15) is 13.2 Å². The first-order chi connectivity index (χ1) is 12.8. The fraction of sp³-hybridized carbons (Fsp3) is 0.444. The van der Waals surface area contributed by atoms with Crippen LogP contribution >= 0.6 is 0 Å². The first-order valence-corrected chi connectivity index (χ1v) is 10.2. The third-order valence-corrected chi connectivity index (χ3v) is 6.65. The van der Waals surface area contributed by atoms with E-state index < -0.39 is 10.0 Å². The molecule has 3 rings (SSSR count). The topological polar surface area (TPSA) is 93.0 Å². The van der Waals surface area contributed by atoms with E-state index >= 15 is 0 Å². The number of piperazine rings is 1. The largest absolute Gasteiger partial charge is 0.494 e. The van der Waals surface area contributed by atoms with E-state index in [-0.39, 0.29) is 29.7 Å². The van der Waals surface area contributed by atoms with Crippen LogP contribution < -0.4 is 4.74 Å². The van der Waals surface area contributed by atoms with Crippen molar-refractivity contribution in [3.63, 3.8) is 0 Å². The first kappa shape index (κ1) is 19.4. The molecule has 146 valence electrons. The molecule has 0 spiro atoms. The molecule has 1 aromatic carbocycles. The van der Waals surface area contributed by atoms with Gasteiger partial charge in [0, 0.05) is 31.7 Å². The predicted molar refractivity (Wildman–Crippen MR) is 98.3 cm³/mol. The number of hydrogen-bond acceptors (Lipinski definition) is 6. The normalized spacial score (nSPS) is 15.7. The number of sulfonamides is 1. The first-order valence-electron chi connectivity index (χ1n) is 8.79. The maximum atomic E-state index is 12.8. The van der Waals surface area contributed by atoms with E-state index in [1.165, 1.54) is 4.31 Å². The lowest BCUT2D eigenvalue weighted by molar-refractivity contribution is 0.0697. The van der Waals surface area contributed by atoms with Gasteiger partial charge >= 0.3 is 0 Å². The highest BCUT2D eigenvalue weighted by atomic mass is 32.2. The minimum absolute atomic E-state index is 0.118. The van der Waals surface area contributed by atoms with Crippen LogP contribution in [0.25, 0.3) is 0 Å². The lowest BCUT2D eigenvalue weighted by atomic mass is 10.2. The van der Waals surface area contributed by atoms with E-state index in [0.717, 1.165) is 0 Å². The Morgan fingerprint density at radius 1 is 1.15 bits per heavy atom. The van der Waals surface area contributed by atoms with E-state index in [1.807, 2.05) is 6.92 Å². The molecule has 1 saturated heterocycles. The number of amides is 1. The summed E-state index contributed by atoms with van der Waals surface area (Å²) in [6, 6.07) is 6.96. The highest BCUT2D eigenvalue weighted by Crippen LogP contribution is 2.24. The Morgan fingerprint density at radius 2 is 1.78 bits per heavy atom. The van der Waals surface area contributed by atoms with Gasteiger partial charge in [0.05, 0.1) is 6.61 Å². The summed E-state index contributed by atoms with van der Waals surface area (Å²) in [5, 5.41) is 3.72. The van der Waals surface area contributed by atoms with Gasteiger partial charge in [0.25, 0.3) is 5.91 Å². The molecule has 0 radical (unpaired) electrons. The lowest BCUT2D eigenvalue weighted by Gasteiger charge is -2.34. The monoisotopic (exact) mass is 393 g/mol. The summed E-state index contributed by atoms with van der Waals surface area (Å²) >= 11 is 0. The fourth-order valence-electron chi connectivity index (χ4n) is 3.15. The Bertz CT molecular complexity index is 893. The number of carbonyl (C=O) groups is 1. The molecular formula is C18H23N3O5S. The molecule has 2 heterocycles. The average molecular weight is 393 g/mol. The summed E-state index contributed by atoms with van der Waals surface area (Å²) < 4.78 is 37.4. The highest BCUT2D eigenvalue weighted by molar-refractivity contribution is 7.89. The SMILES string of the molecule is CCOc1ccc(C(=O)N2CCN(S(=O)(=O)c3c(C)noc3C)CC2)cc1. The molecule has 8 nitrogen and oxygen atoms in total. The maximum absolute atomic E-state index is 12.8. The van der Waals surface area contributed by atoms with Gasteiger partial charge in [-0.3, -0.25) is 4.79 Å². The molecule has 0 saturated carbocycles. The Labute approximate surface area is 158 Å². The van der Waals surface area contributed by atoms with Gasteiger partial charge in [0.1, 0.15) is 16.3 Å². The molecule has 27 heavy (non-hydrogen) atoms. The summed E-state index contributed by atoms with van der Waals surface area (Å²) in [6.45, 7) is 6.77. The molecule has 1 fully saturated rings. The molecule has 2 aromatic rings. The second-order valence-electron chi connectivity index (χ2n) is 6.31. The zero-order valence-corrected chi connectivity index (χ0v) is 16.5. The van der Waals surface area contributed by atoms with Crippen LogP contribution in [-0.4, -0.2) is 61.5 Å². The lowest BCUT2D eigenvalue weighted by Crippen LogP contribution is -2.50. The zero-order valence-electron chi connectivity index (χ0n) is 15.6. The molecule has 1 aliphatic rings. The number of hydrogen-bond donors (Lipinski definition) is 0. The van der Waals surface area contributed by atoms with Gasteiger partial charge in [-0.25, -0.2) is 8.42 Å². The molecule has 1 amide bonds. The number of rotatable bonds is 5. The highest BCUT2D eigenvalue weighted by Gasteiger charge is 2.34. The van der Waals surface area contributed by atoms with Gasteiger partial charge in [-0.2, -0.15) is 4.31 Å². The predicted octanol–water partition coefficient (Wildman–Crippen LogP) is 1.84. The van der Waals surface area contributed by atoms with Gasteiger partial charge in [0.15, 0.2) is 5.76 Å². The standard InChI is InChI=1S/C18H23N3O5S/c1-4-25-16-7-5-15(6-8-16)18(22)20-9-11-21(12-10-20)27(23,24)17-13(2)19-26-14(17)3/h5-8H,4,9-12H2,1-3H3. The molecule has 0 atom stereocenters. The second-order valence-corrected chi connectivity index (χ2v) is 8.18. The van der Waals surface area contributed by atoms with Crippen LogP contribution in [0.4, 0.5) is 0 Å². The summed E-state index contributed by atoms with van der Waals surface area (Å²) in [5.41, 5.74) is 0.904. The smallest absolute Gasteiger partial charge is 0.253 e. The van der Waals surface area contributed by atoms with Crippen LogP contribution in [0.5, 0.6) is 5.75 Å². The van der Waals surface area contributed by atoms with E-state index in [4.69, 9.17) is 9.26 Å². The Balaban J connectivity index is 1.67. The zero-order chi connectivity index (χ0) is 19.6. The van der Waals surface area contributed by atoms with Gasteiger partial charge in [-0.05, 0) is 45.0 Å². The molecule has 1 aliphatic heterocycles. The minimum atomic E-state index is -3.68. The van der Waals surface area contributed by atoms with Crippen LogP contribution in [0.15, 0.2) is 33.7 Å². The van der Waals surface area contributed by atoms with Crippen molar-refractivity contribution in [3.8, 4) is 5.75 Å². The summed E-state index contributed by atoms with van der Waals surface area (Å²) in [6.07, 6.45) is 0. The number of aryl methyl sites for hydroxylation is 2. The molecule has 1 aromatic heterocycles. The number of ether oxygens (including phenoxy) is 1. The van der Waals surface area contributed by atoms with Crippen molar-refractivity contribution in [3.05, 3.63) is 41.3 Å². The Kier molecular flexibility index (Phi) is 5.52. The molecule has 0 aliphatic carbocycles. The van der Waals surface area contributed by atoms with Crippen molar-refractivity contribution >= 4 is 15.9 Å². The molecule has 0 N–H and O–H groups in total. The van der Waals surface area contributed by atoms with E-state index in [0.29, 0.717) is 36.7 Å². The van der Waals surface area contributed by atoms with Crippen molar-refractivity contribution < 1.29 is 22.5 Å². The average Bonchev–Trinajstić information content (AvgIpc) is 3.01. The second kappa shape index (κ2) is 7.69. The van der Waals surface area contributed by atoms with Crippen LogP contribution in [0.1, 0.15) is 28.7 Å². The van der Waals surface area contributed by atoms with Crippen molar-refractivity contribution in [2.45, 2.75) is 25.7 Å². The number of carbonyl (C=O) groups excluding carboxylic acids is 1. The minimum Gasteiger partial charge on any atom is -0.494 e. The van der Waals surface area contributed by atoms with Crippen LogP contribution in [0, 0.1) is 13.8 Å². The van der Waals surface area contributed by atoms with Crippen LogP contribution in [-0.2, 0) is 10.0 Å². The number of nitrogens with zero attached hydrogens (tertiary/aromatic N) is 3. The van der Waals surface area contributed by atoms with Gasteiger partial charge in [-0.15, -0.1) is 0 Å². The Morgan fingerprint density at radius 3 is 2.30 bits per heavy atom. The van der Waals surface area contributed by atoms with E-state index in [2.05, 4.69) is 5.16 Å². The van der Waals surface area contributed by atoms with E-state index in [1.54, 1.807) is 43.0 Å². The quantitative estimate of drug-likeness (QED) is 0.770. The third kappa shape index (κ3) is 3.84. The summed E-state index contributed by atoms with van der Waals surface area (Å²) in [7, 11) is -3.68. The van der Waals surface area contributed by atoms with Crippen molar-refractivity contribution in [1.82, 2.24) is 14.4 Å². The van der Waals surface area contributed by atoms with Crippen LogP contribution in [0.3, 0.4) is 0 Å². The van der Waals surface area contributed by atoms with Gasteiger partial charge in [-0.1, -0.05) is 5.16 Å². The van der Waals surface area contributed by atoms with Crippen molar-refractivity contribution in [2.24, 2.45) is 0 Å². The number of benzene rings is 1. The fourth-order valence-corrected chi connectivity index (χ4v) is 4.86. The van der Waals surface area contributed by atoms with Gasteiger partial charge in [0.2, 0.25) is 10.0 Å².